The molecule has 0 unspecified atom stereocenters. The lowest BCUT2D eigenvalue weighted by Gasteiger charge is -2.38. The van der Waals surface area contributed by atoms with Crippen LogP contribution in [0.1, 0.15) is 46.2 Å². The van der Waals surface area contributed by atoms with Crippen molar-refractivity contribution in [2.45, 2.75) is 26.2 Å². The molecular formula is C13H20N4O2S. The molecule has 6 nitrogen and oxygen atoms in total. The van der Waals surface area contributed by atoms with E-state index in [2.05, 4.69) is 17.6 Å². The molecule has 0 aromatic carbocycles. The summed E-state index contributed by atoms with van der Waals surface area (Å²) in [6.07, 6.45) is 3.56. The zero-order chi connectivity index (χ0) is 14.9. The van der Waals surface area contributed by atoms with Gasteiger partial charge < -0.3 is 22.1 Å². The van der Waals surface area contributed by atoms with E-state index in [1.165, 1.54) is 24.8 Å². The lowest BCUT2D eigenvalue weighted by Crippen LogP contribution is -2.33. The fraction of sp³-hybridized carbons (Fsp3) is 0.538. The fourth-order valence-electron chi connectivity index (χ4n) is 2.35. The SMILES string of the molecule is CNC(=O)c1sc(NCC2(C)CCC2)c(C(N)=O)c1N. The number of amides is 2. The Kier molecular flexibility index (Phi) is 3.89. The minimum atomic E-state index is -0.616. The van der Waals surface area contributed by atoms with Gasteiger partial charge in [0.05, 0.1) is 11.3 Å². The van der Waals surface area contributed by atoms with E-state index in [1.807, 2.05) is 0 Å². The third kappa shape index (κ3) is 2.58. The summed E-state index contributed by atoms with van der Waals surface area (Å²) >= 11 is 1.17. The fourth-order valence-corrected chi connectivity index (χ4v) is 3.41. The van der Waals surface area contributed by atoms with Crippen LogP contribution < -0.4 is 22.1 Å². The minimum absolute atomic E-state index is 0.156. The van der Waals surface area contributed by atoms with E-state index in [1.54, 1.807) is 0 Å². The van der Waals surface area contributed by atoms with Crippen LogP contribution in [0.4, 0.5) is 10.7 Å². The van der Waals surface area contributed by atoms with E-state index in [4.69, 9.17) is 11.5 Å². The maximum absolute atomic E-state index is 11.7. The number of primary amides is 1. The molecule has 1 heterocycles. The van der Waals surface area contributed by atoms with E-state index in [0.29, 0.717) is 9.88 Å². The number of hydrogen-bond acceptors (Lipinski definition) is 5. The van der Waals surface area contributed by atoms with Crippen molar-refractivity contribution in [3.05, 3.63) is 10.4 Å². The van der Waals surface area contributed by atoms with Crippen molar-refractivity contribution in [2.75, 3.05) is 24.6 Å². The van der Waals surface area contributed by atoms with Gasteiger partial charge in [0, 0.05) is 13.6 Å². The Morgan fingerprint density at radius 3 is 2.50 bits per heavy atom. The quantitative estimate of drug-likeness (QED) is 0.658. The molecule has 1 aromatic heterocycles. The van der Waals surface area contributed by atoms with Gasteiger partial charge in [0.2, 0.25) is 0 Å². The second-order valence-corrected chi connectivity index (χ2v) is 6.53. The third-order valence-electron chi connectivity index (χ3n) is 3.86. The van der Waals surface area contributed by atoms with Crippen molar-refractivity contribution in [3.63, 3.8) is 0 Å². The molecule has 1 aliphatic rings. The van der Waals surface area contributed by atoms with E-state index < -0.39 is 5.91 Å². The highest BCUT2D eigenvalue weighted by Crippen LogP contribution is 2.42. The average Bonchev–Trinajstić information content (AvgIpc) is 2.70. The van der Waals surface area contributed by atoms with E-state index >= 15 is 0 Å². The van der Waals surface area contributed by atoms with Gasteiger partial charge in [-0.2, -0.15) is 0 Å². The molecule has 0 saturated heterocycles. The maximum Gasteiger partial charge on any atom is 0.263 e. The summed E-state index contributed by atoms with van der Waals surface area (Å²) in [4.78, 5) is 23.6. The largest absolute Gasteiger partial charge is 0.397 e. The maximum atomic E-state index is 11.7. The molecule has 2 rings (SSSR count). The summed E-state index contributed by atoms with van der Waals surface area (Å²) < 4.78 is 0. The third-order valence-corrected chi connectivity index (χ3v) is 5.02. The zero-order valence-corrected chi connectivity index (χ0v) is 12.5. The molecule has 7 heteroatoms. The van der Waals surface area contributed by atoms with Gasteiger partial charge in [-0.3, -0.25) is 9.59 Å². The summed E-state index contributed by atoms with van der Waals surface area (Å²) in [7, 11) is 1.52. The Labute approximate surface area is 121 Å². The van der Waals surface area contributed by atoms with Crippen LogP contribution in [-0.4, -0.2) is 25.4 Å². The molecule has 2 amide bonds. The lowest BCUT2D eigenvalue weighted by molar-refractivity contribution is 0.0967. The first-order valence-electron chi connectivity index (χ1n) is 6.56. The van der Waals surface area contributed by atoms with E-state index in [-0.39, 0.29) is 22.6 Å². The van der Waals surface area contributed by atoms with Crippen molar-refractivity contribution in [1.29, 1.82) is 0 Å². The van der Waals surface area contributed by atoms with Gasteiger partial charge >= 0.3 is 0 Å². The Hall–Kier alpha value is -1.76. The van der Waals surface area contributed by atoms with Gasteiger partial charge in [-0.1, -0.05) is 13.3 Å². The van der Waals surface area contributed by atoms with E-state index in [9.17, 15) is 9.59 Å². The highest BCUT2D eigenvalue weighted by Gasteiger charge is 2.32. The van der Waals surface area contributed by atoms with Gasteiger partial charge in [0.1, 0.15) is 9.88 Å². The van der Waals surface area contributed by atoms with Gasteiger partial charge in [0.25, 0.3) is 11.8 Å². The molecular weight excluding hydrogens is 276 g/mol. The van der Waals surface area contributed by atoms with Gasteiger partial charge in [-0.05, 0) is 18.3 Å². The number of hydrogen-bond donors (Lipinski definition) is 4. The van der Waals surface area contributed by atoms with Crippen LogP contribution in [0.15, 0.2) is 0 Å². The second-order valence-electron chi connectivity index (χ2n) is 5.51. The molecule has 110 valence electrons. The molecule has 20 heavy (non-hydrogen) atoms. The highest BCUT2D eigenvalue weighted by atomic mass is 32.1. The molecule has 0 spiro atoms. The first-order chi connectivity index (χ1) is 9.38. The Balaban J connectivity index is 2.26. The second kappa shape index (κ2) is 5.32. The monoisotopic (exact) mass is 296 g/mol. The lowest BCUT2D eigenvalue weighted by atomic mass is 9.70. The Morgan fingerprint density at radius 1 is 1.40 bits per heavy atom. The number of nitrogens with two attached hydrogens (primary N) is 2. The number of thiophene rings is 1. The summed E-state index contributed by atoms with van der Waals surface area (Å²) in [6.45, 7) is 2.95. The first kappa shape index (κ1) is 14.6. The van der Waals surface area contributed by atoms with Gasteiger partial charge in [-0.25, -0.2) is 0 Å². The first-order valence-corrected chi connectivity index (χ1v) is 7.37. The number of rotatable bonds is 5. The Morgan fingerprint density at radius 2 is 2.05 bits per heavy atom. The van der Waals surface area contributed by atoms with Crippen LogP contribution in [0.25, 0.3) is 0 Å². The van der Waals surface area contributed by atoms with Crippen molar-refractivity contribution in [1.82, 2.24) is 5.32 Å². The van der Waals surface area contributed by atoms with Crippen LogP contribution in [-0.2, 0) is 0 Å². The predicted octanol–water partition coefficient (Wildman–Crippen LogP) is 1.39. The molecule has 1 aliphatic carbocycles. The smallest absolute Gasteiger partial charge is 0.263 e. The minimum Gasteiger partial charge on any atom is -0.397 e. The number of anilines is 2. The molecule has 0 aliphatic heterocycles. The van der Waals surface area contributed by atoms with Crippen molar-refractivity contribution >= 4 is 33.8 Å². The molecule has 0 atom stereocenters. The van der Waals surface area contributed by atoms with Gasteiger partial charge in [0.15, 0.2) is 0 Å². The van der Waals surface area contributed by atoms with Gasteiger partial charge in [-0.15, -0.1) is 11.3 Å². The Bertz CT molecular complexity index is 549. The summed E-state index contributed by atoms with van der Waals surface area (Å²) in [5.74, 6) is -0.923. The zero-order valence-electron chi connectivity index (χ0n) is 11.7. The van der Waals surface area contributed by atoms with Crippen molar-refractivity contribution < 1.29 is 9.59 Å². The molecule has 1 fully saturated rings. The predicted molar refractivity (Wildman–Crippen MR) is 81.1 cm³/mol. The molecule has 0 radical (unpaired) electrons. The topological polar surface area (TPSA) is 110 Å². The molecule has 0 bridgehead atoms. The van der Waals surface area contributed by atoms with Crippen LogP contribution in [0, 0.1) is 5.41 Å². The molecule has 1 saturated carbocycles. The van der Waals surface area contributed by atoms with Crippen LogP contribution in [0.5, 0.6) is 0 Å². The number of carbonyl (C=O) groups excluding carboxylic acids is 2. The number of nitrogens with one attached hydrogen (secondary N) is 2. The molecule has 6 N–H and O–H groups in total. The van der Waals surface area contributed by atoms with Crippen molar-refractivity contribution in [3.8, 4) is 0 Å². The number of carbonyl (C=O) groups is 2. The normalized spacial score (nSPS) is 16.3. The standard InChI is InChI=1S/C13H20N4O2S/c1-13(4-3-5-13)6-17-12-7(10(15)18)8(14)9(20-12)11(19)16-2/h17H,3-6,14H2,1-2H3,(H2,15,18)(H,16,19). The number of nitrogen functional groups attached to an aromatic ring is 1. The summed E-state index contributed by atoms with van der Waals surface area (Å²) in [5, 5.41) is 6.33. The summed E-state index contributed by atoms with van der Waals surface area (Å²) in [6, 6.07) is 0. The molecule has 1 aromatic rings. The van der Waals surface area contributed by atoms with Crippen LogP contribution in [0.3, 0.4) is 0 Å². The summed E-state index contributed by atoms with van der Waals surface area (Å²) in [5.41, 5.74) is 11.9. The average molecular weight is 296 g/mol. The highest BCUT2D eigenvalue weighted by molar-refractivity contribution is 7.19. The van der Waals surface area contributed by atoms with E-state index in [0.717, 1.165) is 19.4 Å². The van der Waals surface area contributed by atoms with Crippen LogP contribution >= 0.6 is 11.3 Å². The van der Waals surface area contributed by atoms with Crippen molar-refractivity contribution in [2.24, 2.45) is 11.1 Å². The van der Waals surface area contributed by atoms with Crippen LogP contribution in [0.2, 0.25) is 0 Å².